The summed E-state index contributed by atoms with van der Waals surface area (Å²) >= 11 is 0. The average molecular weight is 240 g/mol. The van der Waals surface area contributed by atoms with Gasteiger partial charge in [0.25, 0.3) is 0 Å². The number of carbonyl (C=O) groups excluding carboxylic acids is 1. The molecule has 1 nitrogen and oxygen atoms in total. The van der Waals surface area contributed by atoms with Crippen LogP contribution in [-0.2, 0) is 4.79 Å². The number of aldehydes is 1. The average Bonchev–Trinajstić information content (AvgIpc) is 2.35. The van der Waals surface area contributed by atoms with Crippen LogP contribution < -0.4 is 0 Å². The third-order valence-corrected chi connectivity index (χ3v) is 3.72. The molecule has 17 heavy (non-hydrogen) atoms. The van der Waals surface area contributed by atoms with E-state index >= 15 is 0 Å². The first kappa shape index (κ1) is 16.7. The Morgan fingerprint density at radius 3 is 1.76 bits per heavy atom. The highest BCUT2D eigenvalue weighted by molar-refractivity contribution is 5.48. The van der Waals surface area contributed by atoms with E-state index in [0.717, 1.165) is 25.0 Å². The van der Waals surface area contributed by atoms with Gasteiger partial charge in [-0.15, -0.1) is 0 Å². The van der Waals surface area contributed by atoms with E-state index in [-0.39, 0.29) is 0 Å². The van der Waals surface area contributed by atoms with Crippen molar-refractivity contribution >= 4 is 6.29 Å². The maximum atomic E-state index is 10.1. The molecule has 0 saturated heterocycles. The van der Waals surface area contributed by atoms with Crippen molar-refractivity contribution in [2.45, 2.75) is 90.9 Å². The van der Waals surface area contributed by atoms with E-state index < -0.39 is 0 Å². The lowest BCUT2D eigenvalue weighted by atomic mass is 9.99. The van der Waals surface area contributed by atoms with Crippen LogP contribution >= 0.6 is 0 Å². The van der Waals surface area contributed by atoms with Gasteiger partial charge in [0, 0.05) is 6.42 Å². The number of hydrogen-bond acceptors (Lipinski definition) is 1. The van der Waals surface area contributed by atoms with E-state index in [0.29, 0.717) is 0 Å². The molecule has 0 aromatic rings. The third kappa shape index (κ3) is 13.6. The van der Waals surface area contributed by atoms with Crippen LogP contribution in [0.1, 0.15) is 90.9 Å². The molecule has 0 aliphatic rings. The molecule has 0 aromatic heterocycles. The van der Waals surface area contributed by atoms with Crippen LogP contribution in [0.4, 0.5) is 0 Å². The summed E-state index contributed by atoms with van der Waals surface area (Å²) in [5, 5.41) is 0. The molecule has 0 rings (SSSR count). The van der Waals surface area contributed by atoms with Crippen molar-refractivity contribution in [1.82, 2.24) is 0 Å². The molecule has 0 saturated carbocycles. The predicted molar refractivity (Wildman–Crippen MR) is 76.3 cm³/mol. The Kier molecular flexibility index (Phi) is 13.5. The summed E-state index contributed by atoms with van der Waals surface area (Å²) in [5.41, 5.74) is 0. The summed E-state index contributed by atoms with van der Waals surface area (Å²) in [6.45, 7) is 4.65. The highest BCUT2D eigenvalue weighted by Gasteiger charge is 1.98. The Balaban J connectivity index is 2.96. The normalized spacial score (nSPS) is 12.6. The second-order valence-electron chi connectivity index (χ2n) is 5.44. The van der Waals surface area contributed by atoms with Crippen molar-refractivity contribution in [3.8, 4) is 0 Å². The molecule has 1 heteroatoms. The minimum atomic E-state index is 0.760. The van der Waals surface area contributed by atoms with E-state index in [2.05, 4.69) is 13.8 Å². The first-order chi connectivity index (χ1) is 8.31. The number of rotatable bonds is 13. The van der Waals surface area contributed by atoms with E-state index in [9.17, 15) is 4.79 Å². The van der Waals surface area contributed by atoms with Gasteiger partial charge in [0.15, 0.2) is 0 Å². The Bertz CT molecular complexity index is 154. The molecular formula is C16H32O. The Labute approximate surface area is 108 Å². The first-order valence-electron chi connectivity index (χ1n) is 7.74. The van der Waals surface area contributed by atoms with Crippen LogP contribution in [0.25, 0.3) is 0 Å². The van der Waals surface area contributed by atoms with Gasteiger partial charge in [0.05, 0.1) is 0 Å². The summed E-state index contributed by atoms with van der Waals surface area (Å²) < 4.78 is 0. The van der Waals surface area contributed by atoms with Crippen molar-refractivity contribution in [2.24, 2.45) is 5.92 Å². The lowest BCUT2D eigenvalue weighted by Gasteiger charge is -2.07. The standard InChI is InChI=1S/C16H32O/c1-3-16(2)14-12-10-8-6-4-5-7-9-11-13-15-17/h15-16H,3-14H2,1-2H3. The van der Waals surface area contributed by atoms with Crippen molar-refractivity contribution < 1.29 is 4.79 Å². The molecule has 0 heterocycles. The molecule has 102 valence electrons. The quantitative estimate of drug-likeness (QED) is 0.306. The van der Waals surface area contributed by atoms with Gasteiger partial charge in [-0.3, -0.25) is 0 Å². The SMILES string of the molecule is CCC(C)CCCCCCCCCCCC=O. The lowest BCUT2D eigenvalue weighted by Crippen LogP contribution is -1.91. The van der Waals surface area contributed by atoms with Gasteiger partial charge in [-0.1, -0.05) is 78.1 Å². The fraction of sp³-hybridized carbons (Fsp3) is 0.938. The fourth-order valence-electron chi connectivity index (χ4n) is 2.16. The maximum Gasteiger partial charge on any atom is 0.119 e. The molecule has 0 fully saturated rings. The number of carbonyl (C=O) groups is 1. The van der Waals surface area contributed by atoms with Gasteiger partial charge < -0.3 is 4.79 Å². The van der Waals surface area contributed by atoms with Gasteiger partial charge >= 0.3 is 0 Å². The lowest BCUT2D eigenvalue weighted by molar-refractivity contribution is -0.107. The predicted octanol–water partition coefficient (Wildman–Crippen LogP) is 5.52. The van der Waals surface area contributed by atoms with Crippen molar-refractivity contribution in [2.75, 3.05) is 0 Å². The van der Waals surface area contributed by atoms with Crippen LogP contribution in [0.2, 0.25) is 0 Å². The molecule has 0 radical (unpaired) electrons. The molecule has 0 aliphatic heterocycles. The molecule has 0 aromatic carbocycles. The number of hydrogen-bond donors (Lipinski definition) is 0. The summed E-state index contributed by atoms with van der Waals surface area (Å²) in [6.07, 6.45) is 16.7. The second-order valence-corrected chi connectivity index (χ2v) is 5.44. The zero-order valence-electron chi connectivity index (χ0n) is 12.0. The monoisotopic (exact) mass is 240 g/mol. The van der Waals surface area contributed by atoms with E-state index in [1.54, 1.807) is 0 Å². The molecule has 0 spiro atoms. The first-order valence-corrected chi connectivity index (χ1v) is 7.74. The zero-order chi connectivity index (χ0) is 12.8. The largest absolute Gasteiger partial charge is 0.303 e. The minimum absolute atomic E-state index is 0.760. The zero-order valence-corrected chi connectivity index (χ0v) is 12.0. The third-order valence-electron chi connectivity index (χ3n) is 3.72. The van der Waals surface area contributed by atoms with Crippen molar-refractivity contribution in [3.05, 3.63) is 0 Å². The second kappa shape index (κ2) is 13.7. The molecular weight excluding hydrogens is 208 g/mol. The molecule has 0 amide bonds. The highest BCUT2D eigenvalue weighted by atomic mass is 16.1. The van der Waals surface area contributed by atoms with Crippen molar-refractivity contribution in [3.63, 3.8) is 0 Å². The molecule has 1 unspecified atom stereocenters. The van der Waals surface area contributed by atoms with Gasteiger partial charge in [-0.2, -0.15) is 0 Å². The van der Waals surface area contributed by atoms with Gasteiger partial charge in [0.2, 0.25) is 0 Å². The Morgan fingerprint density at radius 2 is 1.29 bits per heavy atom. The topological polar surface area (TPSA) is 17.1 Å². The Hall–Kier alpha value is -0.330. The van der Waals surface area contributed by atoms with E-state index in [1.807, 2.05) is 0 Å². The molecule has 0 aliphatic carbocycles. The molecule has 1 atom stereocenters. The van der Waals surface area contributed by atoms with Crippen LogP contribution in [0.15, 0.2) is 0 Å². The maximum absolute atomic E-state index is 10.1. The summed E-state index contributed by atoms with van der Waals surface area (Å²) in [5.74, 6) is 0.924. The molecule has 0 N–H and O–H groups in total. The van der Waals surface area contributed by atoms with E-state index in [1.165, 1.54) is 64.2 Å². The molecule has 0 bridgehead atoms. The van der Waals surface area contributed by atoms with Crippen LogP contribution in [0.5, 0.6) is 0 Å². The Morgan fingerprint density at radius 1 is 0.824 bits per heavy atom. The van der Waals surface area contributed by atoms with Crippen LogP contribution in [-0.4, -0.2) is 6.29 Å². The highest BCUT2D eigenvalue weighted by Crippen LogP contribution is 2.15. The van der Waals surface area contributed by atoms with Gasteiger partial charge in [-0.05, 0) is 12.3 Å². The van der Waals surface area contributed by atoms with Crippen molar-refractivity contribution in [1.29, 1.82) is 0 Å². The van der Waals surface area contributed by atoms with Gasteiger partial charge in [0.1, 0.15) is 6.29 Å². The summed E-state index contributed by atoms with van der Waals surface area (Å²) in [7, 11) is 0. The van der Waals surface area contributed by atoms with Crippen LogP contribution in [0.3, 0.4) is 0 Å². The fourth-order valence-corrected chi connectivity index (χ4v) is 2.16. The summed E-state index contributed by atoms with van der Waals surface area (Å²) in [6, 6.07) is 0. The van der Waals surface area contributed by atoms with Crippen LogP contribution in [0, 0.1) is 5.92 Å². The van der Waals surface area contributed by atoms with Gasteiger partial charge in [-0.25, -0.2) is 0 Å². The minimum Gasteiger partial charge on any atom is -0.303 e. The van der Waals surface area contributed by atoms with E-state index in [4.69, 9.17) is 0 Å². The smallest absolute Gasteiger partial charge is 0.119 e. The number of unbranched alkanes of at least 4 members (excludes halogenated alkanes) is 9. The summed E-state index contributed by atoms with van der Waals surface area (Å²) in [4.78, 5) is 10.1.